The number of rotatable bonds is 3. The van der Waals surface area contributed by atoms with E-state index in [4.69, 9.17) is 27.2 Å². The van der Waals surface area contributed by atoms with E-state index in [1.54, 1.807) is 23.7 Å². The highest BCUT2D eigenvalue weighted by atomic mass is 35.5. The number of hydrogen-bond acceptors (Lipinski definition) is 5. The van der Waals surface area contributed by atoms with Gasteiger partial charge in [0.05, 0.1) is 6.61 Å². The number of carbonyl (C=O) groups is 1. The Kier molecular flexibility index (Phi) is 4.88. The van der Waals surface area contributed by atoms with Crippen molar-refractivity contribution in [1.82, 2.24) is 5.01 Å². The van der Waals surface area contributed by atoms with E-state index in [-0.39, 0.29) is 11.8 Å². The molecule has 0 saturated carbocycles. The molecule has 5 nitrogen and oxygen atoms in total. The number of ether oxygens (including phenoxy) is 1. The van der Waals surface area contributed by atoms with Gasteiger partial charge >= 0.3 is 0 Å². The Bertz CT molecular complexity index is 920. The normalized spacial score (nSPS) is 23.7. The third-order valence-corrected chi connectivity index (χ3v) is 6.69. The van der Waals surface area contributed by atoms with E-state index in [0.29, 0.717) is 18.2 Å². The predicted octanol–water partition coefficient (Wildman–Crippen LogP) is 3.81. The second kappa shape index (κ2) is 7.19. The summed E-state index contributed by atoms with van der Waals surface area (Å²) in [7, 11) is 0. The van der Waals surface area contributed by atoms with Crippen molar-refractivity contribution < 1.29 is 9.53 Å². The van der Waals surface area contributed by atoms with Crippen molar-refractivity contribution in [2.75, 3.05) is 13.2 Å². The molecule has 7 heteroatoms. The standard InChI is InChI=1S/C20H20ClN3O2S/c1-13(25)24-20(27-19(23-24)14-5-4-6-16(21)11-14)15(9-10-22)12-26-18-8-3-2-7-17(18)20/h2-8,11,15H,9-10,12,22H2,1H3/t15-,20+/m0/s1. The molecule has 2 aromatic rings. The molecule has 0 bridgehead atoms. The van der Waals surface area contributed by atoms with Crippen LogP contribution < -0.4 is 10.5 Å². The first-order valence-corrected chi connectivity index (χ1v) is 10.0. The van der Waals surface area contributed by atoms with Crippen LogP contribution in [0.2, 0.25) is 5.02 Å². The molecule has 2 atom stereocenters. The number of halogens is 1. The number of para-hydroxylation sites is 1. The van der Waals surface area contributed by atoms with Gasteiger partial charge in [0.2, 0.25) is 5.91 Å². The lowest BCUT2D eigenvalue weighted by molar-refractivity contribution is -0.134. The van der Waals surface area contributed by atoms with Crippen molar-refractivity contribution in [3.05, 3.63) is 64.7 Å². The van der Waals surface area contributed by atoms with Crippen molar-refractivity contribution in [3.63, 3.8) is 0 Å². The van der Waals surface area contributed by atoms with E-state index >= 15 is 0 Å². The van der Waals surface area contributed by atoms with Gasteiger partial charge in [-0.05, 0) is 31.2 Å². The van der Waals surface area contributed by atoms with Crippen LogP contribution in [0.4, 0.5) is 0 Å². The summed E-state index contributed by atoms with van der Waals surface area (Å²) in [5.74, 6) is 0.692. The molecule has 1 spiro atoms. The third kappa shape index (κ3) is 3.02. The van der Waals surface area contributed by atoms with Crippen LogP contribution in [0, 0.1) is 5.92 Å². The van der Waals surface area contributed by atoms with E-state index in [0.717, 1.165) is 28.3 Å². The SMILES string of the molecule is CC(=O)N1N=C(c2cccc(Cl)c2)S[C@]12c1ccccc1OC[C@@H]2CCN. The van der Waals surface area contributed by atoms with Gasteiger partial charge in [0, 0.05) is 29.0 Å². The van der Waals surface area contributed by atoms with E-state index in [1.165, 1.54) is 0 Å². The maximum absolute atomic E-state index is 12.6. The van der Waals surface area contributed by atoms with Gasteiger partial charge in [-0.1, -0.05) is 53.7 Å². The molecule has 0 radical (unpaired) electrons. The summed E-state index contributed by atoms with van der Waals surface area (Å²) >= 11 is 7.76. The number of hydrazone groups is 1. The number of fused-ring (bicyclic) bond motifs is 2. The second-order valence-corrected chi connectivity index (χ2v) is 8.28. The van der Waals surface area contributed by atoms with Crippen LogP contribution in [0.1, 0.15) is 24.5 Å². The fourth-order valence-corrected chi connectivity index (χ4v) is 5.48. The molecule has 2 aliphatic rings. The lowest BCUT2D eigenvalue weighted by Crippen LogP contribution is -2.51. The molecule has 4 rings (SSSR count). The maximum Gasteiger partial charge on any atom is 0.241 e. The highest BCUT2D eigenvalue weighted by Gasteiger charge is 2.56. The van der Waals surface area contributed by atoms with Gasteiger partial charge in [-0.25, -0.2) is 5.01 Å². The summed E-state index contributed by atoms with van der Waals surface area (Å²) in [6.45, 7) is 2.55. The zero-order valence-electron chi connectivity index (χ0n) is 14.9. The van der Waals surface area contributed by atoms with Crippen LogP contribution in [0.15, 0.2) is 53.6 Å². The molecule has 0 aliphatic carbocycles. The maximum atomic E-state index is 12.6. The molecule has 140 valence electrons. The molecule has 0 fully saturated rings. The van der Waals surface area contributed by atoms with E-state index < -0.39 is 4.87 Å². The van der Waals surface area contributed by atoms with Gasteiger partial charge in [-0.3, -0.25) is 4.79 Å². The van der Waals surface area contributed by atoms with E-state index in [1.807, 2.05) is 48.5 Å². The number of thioether (sulfide) groups is 1. The quantitative estimate of drug-likeness (QED) is 0.849. The van der Waals surface area contributed by atoms with Crippen LogP contribution in [0.25, 0.3) is 0 Å². The van der Waals surface area contributed by atoms with Crippen LogP contribution in [-0.2, 0) is 9.67 Å². The molecule has 0 unspecified atom stereocenters. The predicted molar refractivity (Wildman–Crippen MR) is 109 cm³/mol. The topological polar surface area (TPSA) is 67.9 Å². The zero-order valence-corrected chi connectivity index (χ0v) is 16.5. The molecule has 2 heterocycles. The number of carbonyl (C=O) groups excluding carboxylic acids is 1. The molecule has 0 aromatic heterocycles. The van der Waals surface area contributed by atoms with Gasteiger partial charge < -0.3 is 10.5 Å². The second-order valence-electron chi connectivity index (χ2n) is 6.63. The number of nitrogens with zero attached hydrogens (tertiary/aromatic N) is 2. The molecule has 2 N–H and O–H groups in total. The number of benzene rings is 2. The largest absolute Gasteiger partial charge is 0.493 e. The van der Waals surface area contributed by atoms with E-state index in [9.17, 15) is 4.79 Å². The van der Waals surface area contributed by atoms with Crippen molar-refractivity contribution >= 4 is 34.3 Å². The Balaban J connectivity index is 1.87. The van der Waals surface area contributed by atoms with Gasteiger partial charge in [-0.2, -0.15) is 5.10 Å². The zero-order chi connectivity index (χ0) is 19.0. The Morgan fingerprint density at radius 2 is 2.19 bits per heavy atom. The van der Waals surface area contributed by atoms with Gasteiger partial charge in [0.15, 0.2) is 4.87 Å². The highest BCUT2D eigenvalue weighted by molar-refractivity contribution is 8.15. The molecule has 2 aliphatic heterocycles. The highest BCUT2D eigenvalue weighted by Crippen LogP contribution is 2.57. The van der Waals surface area contributed by atoms with Crippen LogP contribution in [-0.4, -0.2) is 29.1 Å². The summed E-state index contributed by atoms with van der Waals surface area (Å²) in [6, 6.07) is 15.4. The molecule has 1 amide bonds. The van der Waals surface area contributed by atoms with Gasteiger partial charge in [0.1, 0.15) is 10.8 Å². The monoisotopic (exact) mass is 401 g/mol. The molecule has 27 heavy (non-hydrogen) atoms. The summed E-state index contributed by atoms with van der Waals surface area (Å²) in [5, 5.41) is 7.73. The average Bonchev–Trinajstić information content (AvgIpc) is 3.06. The molecular weight excluding hydrogens is 382 g/mol. The van der Waals surface area contributed by atoms with E-state index in [2.05, 4.69) is 0 Å². The number of amides is 1. The summed E-state index contributed by atoms with van der Waals surface area (Å²) in [6.07, 6.45) is 0.726. The minimum atomic E-state index is -0.669. The van der Waals surface area contributed by atoms with Crippen LogP contribution in [0.3, 0.4) is 0 Å². The average molecular weight is 402 g/mol. The minimum Gasteiger partial charge on any atom is -0.493 e. The van der Waals surface area contributed by atoms with Crippen molar-refractivity contribution in [1.29, 1.82) is 0 Å². The van der Waals surface area contributed by atoms with Gasteiger partial charge in [0.25, 0.3) is 0 Å². The Hall–Kier alpha value is -2.02. The van der Waals surface area contributed by atoms with Crippen LogP contribution in [0.5, 0.6) is 5.75 Å². The first-order valence-electron chi connectivity index (χ1n) is 8.83. The fourth-order valence-electron chi connectivity index (χ4n) is 3.74. The third-order valence-electron chi connectivity index (χ3n) is 4.91. The lowest BCUT2D eigenvalue weighted by Gasteiger charge is -2.45. The van der Waals surface area contributed by atoms with Gasteiger partial charge in [-0.15, -0.1) is 0 Å². The lowest BCUT2D eigenvalue weighted by atomic mass is 9.86. The van der Waals surface area contributed by atoms with Crippen molar-refractivity contribution in [3.8, 4) is 5.75 Å². The Morgan fingerprint density at radius 1 is 1.37 bits per heavy atom. The summed E-state index contributed by atoms with van der Waals surface area (Å²) in [5.41, 5.74) is 7.74. The molecule has 2 aromatic carbocycles. The Labute approximate surface area is 167 Å². The first kappa shape index (κ1) is 18.3. The number of hydrogen-bond donors (Lipinski definition) is 1. The van der Waals surface area contributed by atoms with Crippen LogP contribution >= 0.6 is 23.4 Å². The Morgan fingerprint density at radius 3 is 2.93 bits per heavy atom. The number of nitrogens with two attached hydrogens (primary N) is 1. The van der Waals surface area contributed by atoms with Crippen molar-refractivity contribution in [2.24, 2.45) is 16.8 Å². The smallest absolute Gasteiger partial charge is 0.241 e. The summed E-state index contributed by atoms with van der Waals surface area (Å²) in [4.78, 5) is 12.0. The molecular formula is C20H20ClN3O2S. The molecule has 0 saturated heterocycles. The minimum absolute atomic E-state index is 0.0201. The fraction of sp³-hybridized carbons (Fsp3) is 0.300. The summed E-state index contributed by atoms with van der Waals surface area (Å²) < 4.78 is 5.98. The first-order chi connectivity index (χ1) is 13.1. The van der Waals surface area contributed by atoms with Crippen molar-refractivity contribution in [2.45, 2.75) is 18.2 Å².